The molecule has 4 aromatic rings. The Hall–Kier alpha value is -2.21. The summed E-state index contributed by atoms with van der Waals surface area (Å²) in [5, 5.41) is 4.85. The van der Waals surface area contributed by atoms with Gasteiger partial charge in [0.15, 0.2) is 0 Å². The molecule has 0 unspecified atom stereocenters. The van der Waals surface area contributed by atoms with Gasteiger partial charge in [-0.1, -0.05) is 30.3 Å². The molecule has 5 nitrogen and oxygen atoms in total. The van der Waals surface area contributed by atoms with E-state index in [4.69, 9.17) is 0 Å². The average Bonchev–Trinajstić information content (AvgIpc) is 3.25. The van der Waals surface area contributed by atoms with Crippen molar-refractivity contribution in [3.63, 3.8) is 0 Å². The maximum absolute atomic E-state index is 4.58. The number of H-pyrrole nitrogens is 1. The number of benzene rings is 2. The Kier molecular flexibility index (Phi) is 6.73. The van der Waals surface area contributed by atoms with E-state index in [1.807, 2.05) is 18.2 Å². The van der Waals surface area contributed by atoms with Gasteiger partial charge in [-0.25, -0.2) is 4.98 Å². The van der Waals surface area contributed by atoms with Crippen LogP contribution in [0.4, 0.5) is 5.95 Å². The van der Waals surface area contributed by atoms with E-state index in [0.29, 0.717) is 0 Å². The van der Waals surface area contributed by atoms with Gasteiger partial charge in [-0.2, -0.15) is 0 Å². The molecular formula is C22H27Cl2N5. The smallest absolute Gasteiger partial charge is 0.201 e. The lowest BCUT2D eigenvalue weighted by Crippen LogP contribution is -2.32. The van der Waals surface area contributed by atoms with E-state index in [1.165, 1.54) is 22.2 Å². The van der Waals surface area contributed by atoms with Gasteiger partial charge in [0.25, 0.3) is 0 Å². The maximum Gasteiger partial charge on any atom is 0.201 e. The summed E-state index contributed by atoms with van der Waals surface area (Å²) >= 11 is 0. The normalized spacial score (nSPS) is 13.7. The highest BCUT2D eigenvalue weighted by atomic mass is 35.5. The minimum Gasteiger partial charge on any atom is -0.356 e. The lowest BCUT2D eigenvalue weighted by Gasteiger charge is -2.27. The van der Waals surface area contributed by atoms with Gasteiger partial charge >= 0.3 is 0 Å². The number of anilines is 1. The van der Waals surface area contributed by atoms with Crippen molar-refractivity contribution in [3.05, 3.63) is 59.8 Å². The van der Waals surface area contributed by atoms with Crippen LogP contribution in [0.25, 0.3) is 21.9 Å². The molecule has 2 N–H and O–H groups in total. The molecule has 0 amide bonds. The first kappa shape index (κ1) is 21.5. The zero-order valence-electron chi connectivity index (χ0n) is 16.5. The first-order valence-corrected chi connectivity index (χ1v) is 9.76. The molecule has 0 spiro atoms. The number of para-hydroxylation sites is 3. The van der Waals surface area contributed by atoms with Crippen molar-refractivity contribution in [1.82, 2.24) is 19.4 Å². The summed E-state index contributed by atoms with van der Waals surface area (Å²) in [7, 11) is 2.20. The molecule has 0 aliphatic carbocycles. The Balaban J connectivity index is 0.00000120. The van der Waals surface area contributed by atoms with Crippen molar-refractivity contribution in [3.8, 4) is 0 Å². The first-order valence-electron chi connectivity index (χ1n) is 9.76. The molecule has 0 fully saturated rings. The van der Waals surface area contributed by atoms with E-state index in [1.54, 1.807) is 0 Å². The number of imidazole rings is 1. The second kappa shape index (κ2) is 9.08. The molecule has 5 rings (SSSR count). The zero-order chi connectivity index (χ0) is 18.2. The third-order valence-corrected chi connectivity index (χ3v) is 5.72. The lowest BCUT2D eigenvalue weighted by molar-refractivity contribution is 0.252. The van der Waals surface area contributed by atoms with Crippen molar-refractivity contribution >= 4 is 52.7 Å². The van der Waals surface area contributed by atoms with Crippen LogP contribution in [0.1, 0.15) is 17.7 Å². The predicted octanol–water partition coefficient (Wildman–Crippen LogP) is 4.76. The molecule has 0 saturated carbocycles. The number of hydrogen-bond acceptors (Lipinski definition) is 3. The van der Waals surface area contributed by atoms with Gasteiger partial charge in [-0.3, -0.25) is 4.90 Å². The minimum absolute atomic E-state index is 0. The highest BCUT2D eigenvalue weighted by molar-refractivity contribution is 5.86. The Labute approximate surface area is 183 Å². The molecule has 1 aliphatic rings. The minimum atomic E-state index is 0. The second-order valence-corrected chi connectivity index (χ2v) is 7.41. The molecule has 29 heavy (non-hydrogen) atoms. The lowest BCUT2D eigenvalue weighted by atomic mass is 10.0. The fourth-order valence-electron chi connectivity index (χ4n) is 4.32. The molecule has 2 aromatic heterocycles. The topological polar surface area (TPSA) is 48.9 Å². The van der Waals surface area contributed by atoms with Crippen molar-refractivity contribution in [2.75, 3.05) is 25.0 Å². The SMILES string of the molecule is Cl.Cl.Cn1c2c(c3ccccc31)CN(CCCNc1nc3ccccc3[nH]1)CC2. The molecule has 1 aliphatic heterocycles. The summed E-state index contributed by atoms with van der Waals surface area (Å²) in [5.74, 6) is 0.867. The zero-order valence-corrected chi connectivity index (χ0v) is 18.2. The van der Waals surface area contributed by atoms with Gasteiger partial charge in [0.2, 0.25) is 5.95 Å². The number of aryl methyl sites for hydroxylation is 1. The number of nitrogens with zero attached hydrogens (tertiary/aromatic N) is 3. The highest BCUT2D eigenvalue weighted by Gasteiger charge is 2.22. The van der Waals surface area contributed by atoms with Crippen LogP contribution in [0.5, 0.6) is 0 Å². The van der Waals surface area contributed by atoms with Gasteiger partial charge in [0.1, 0.15) is 0 Å². The third kappa shape index (κ3) is 4.08. The largest absolute Gasteiger partial charge is 0.356 e. The number of aromatic amines is 1. The van der Waals surface area contributed by atoms with E-state index in [9.17, 15) is 0 Å². The van der Waals surface area contributed by atoms with Gasteiger partial charge in [-0.05, 0) is 30.2 Å². The van der Waals surface area contributed by atoms with E-state index in [0.717, 1.165) is 56.0 Å². The Bertz CT molecular complexity index is 1070. The molecule has 154 valence electrons. The first-order chi connectivity index (χ1) is 13.3. The quantitative estimate of drug-likeness (QED) is 0.447. The van der Waals surface area contributed by atoms with Gasteiger partial charge in [0.05, 0.1) is 11.0 Å². The molecule has 0 radical (unpaired) electrons. The Morgan fingerprint density at radius 3 is 2.72 bits per heavy atom. The average molecular weight is 432 g/mol. The summed E-state index contributed by atoms with van der Waals surface area (Å²) in [6.45, 7) is 4.23. The number of nitrogens with one attached hydrogen (secondary N) is 2. The van der Waals surface area contributed by atoms with Crippen LogP contribution < -0.4 is 5.32 Å². The van der Waals surface area contributed by atoms with Crippen molar-refractivity contribution in [2.45, 2.75) is 19.4 Å². The standard InChI is InChI=1S/C22H25N5.2ClH/c1-26-20-10-5-2-7-16(20)17-15-27(14-11-21(17)26)13-6-12-23-22-24-18-8-3-4-9-19(18)25-22;;/h2-5,7-10H,6,11-15H2,1H3,(H2,23,24,25);2*1H. The van der Waals surface area contributed by atoms with Crippen LogP contribution in [0.3, 0.4) is 0 Å². The van der Waals surface area contributed by atoms with Crippen LogP contribution in [-0.4, -0.2) is 39.1 Å². The second-order valence-electron chi connectivity index (χ2n) is 7.41. The fourth-order valence-corrected chi connectivity index (χ4v) is 4.32. The molecule has 0 saturated heterocycles. The van der Waals surface area contributed by atoms with Crippen LogP contribution in [0.15, 0.2) is 48.5 Å². The molecule has 0 bridgehead atoms. The van der Waals surface area contributed by atoms with Gasteiger partial charge in [-0.15, -0.1) is 24.8 Å². The molecule has 7 heteroatoms. The highest BCUT2D eigenvalue weighted by Crippen LogP contribution is 2.29. The van der Waals surface area contributed by atoms with Crippen molar-refractivity contribution < 1.29 is 0 Å². The monoisotopic (exact) mass is 431 g/mol. The number of aromatic nitrogens is 3. The number of hydrogen-bond donors (Lipinski definition) is 2. The third-order valence-electron chi connectivity index (χ3n) is 5.72. The molecule has 2 aromatic carbocycles. The summed E-state index contributed by atoms with van der Waals surface area (Å²) in [5.41, 5.74) is 6.48. The molecular weight excluding hydrogens is 405 g/mol. The maximum atomic E-state index is 4.58. The van der Waals surface area contributed by atoms with Crippen molar-refractivity contribution in [1.29, 1.82) is 0 Å². The Morgan fingerprint density at radius 1 is 1.07 bits per heavy atom. The number of halogens is 2. The Morgan fingerprint density at radius 2 is 1.86 bits per heavy atom. The van der Waals surface area contributed by atoms with E-state index in [-0.39, 0.29) is 24.8 Å². The van der Waals surface area contributed by atoms with Crippen LogP contribution in [0.2, 0.25) is 0 Å². The fraction of sp³-hybridized carbons (Fsp3) is 0.318. The van der Waals surface area contributed by atoms with Gasteiger partial charge < -0.3 is 14.9 Å². The van der Waals surface area contributed by atoms with E-state index in [2.05, 4.69) is 62.1 Å². The number of fused-ring (bicyclic) bond motifs is 4. The van der Waals surface area contributed by atoms with Gasteiger partial charge in [0, 0.05) is 56.2 Å². The van der Waals surface area contributed by atoms with E-state index >= 15 is 0 Å². The molecule has 3 heterocycles. The molecule has 0 atom stereocenters. The summed E-state index contributed by atoms with van der Waals surface area (Å²) < 4.78 is 2.38. The summed E-state index contributed by atoms with van der Waals surface area (Å²) in [4.78, 5) is 10.5. The summed E-state index contributed by atoms with van der Waals surface area (Å²) in [6, 6.07) is 16.9. The van der Waals surface area contributed by atoms with Crippen LogP contribution in [-0.2, 0) is 20.0 Å². The van der Waals surface area contributed by atoms with Crippen LogP contribution in [0, 0.1) is 0 Å². The summed E-state index contributed by atoms with van der Waals surface area (Å²) in [6.07, 6.45) is 2.24. The van der Waals surface area contributed by atoms with Crippen LogP contribution >= 0.6 is 24.8 Å². The van der Waals surface area contributed by atoms with E-state index < -0.39 is 0 Å². The van der Waals surface area contributed by atoms with Crippen molar-refractivity contribution in [2.24, 2.45) is 7.05 Å². The number of rotatable bonds is 5. The predicted molar refractivity (Wildman–Crippen MR) is 126 cm³/mol.